The van der Waals surface area contributed by atoms with Crippen molar-refractivity contribution in [2.24, 2.45) is 0 Å². The van der Waals surface area contributed by atoms with Crippen LogP contribution in [0, 0.1) is 0 Å². The summed E-state index contributed by atoms with van der Waals surface area (Å²) in [7, 11) is 3.92. The van der Waals surface area contributed by atoms with Gasteiger partial charge in [0.25, 0.3) is 0 Å². The first-order valence-corrected chi connectivity index (χ1v) is 17.6. The molecule has 1 fully saturated rings. The lowest BCUT2D eigenvalue weighted by Crippen LogP contribution is -2.56. The molecule has 0 saturated carbocycles. The zero-order chi connectivity index (χ0) is 31.9. The Labute approximate surface area is 267 Å². The van der Waals surface area contributed by atoms with Gasteiger partial charge in [-0.2, -0.15) is 0 Å². The molecular formula is C33H44N2O7S2. The fourth-order valence-corrected chi connectivity index (χ4v) is 8.31. The molecule has 2 aromatic rings. The van der Waals surface area contributed by atoms with Gasteiger partial charge in [0.2, 0.25) is 5.91 Å². The summed E-state index contributed by atoms with van der Waals surface area (Å²) < 4.78 is 5.20. The van der Waals surface area contributed by atoms with Crippen LogP contribution in [0.3, 0.4) is 0 Å². The summed E-state index contributed by atoms with van der Waals surface area (Å²) in [6.45, 7) is 3.88. The van der Waals surface area contributed by atoms with E-state index in [1.165, 1.54) is 23.5 Å². The van der Waals surface area contributed by atoms with Crippen molar-refractivity contribution in [1.29, 1.82) is 0 Å². The Morgan fingerprint density at radius 1 is 1.02 bits per heavy atom. The Hall–Kier alpha value is -3.02. The van der Waals surface area contributed by atoms with Crippen molar-refractivity contribution < 1.29 is 34.1 Å². The van der Waals surface area contributed by atoms with Crippen molar-refractivity contribution in [3.05, 3.63) is 71.3 Å². The number of unbranched alkanes of at least 4 members (excludes halogenated alkanes) is 1. The summed E-state index contributed by atoms with van der Waals surface area (Å²) in [5, 5.41) is 22.0. The maximum Gasteiger partial charge on any atom is 0.326 e. The van der Waals surface area contributed by atoms with E-state index in [0.717, 1.165) is 34.8 Å². The highest BCUT2D eigenvalue weighted by atomic mass is 33.1. The Bertz CT molecular complexity index is 1220. The van der Waals surface area contributed by atoms with E-state index in [4.69, 9.17) is 9.84 Å². The number of esters is 1. The van der Waals surface area contributed by atoms with Gasteiger partial charge >= 0.3 is 17.9 Å². The van der Waals surface area contributed by atoms with Crippen LogP contribution in [0.1, 0.15) is 69.1 Å². The molecule has 2 aliphatic heterocycles. The minimum Gasteiger partial charge on any atom is -0.481 e. The standard InChI is InChI=1S/C25H30N2O5.C8H14O2S2/c1-3-32-25(31)21(14-13-18-9-5-4-6-10-18)26-17(2)23(28)27-16-20-12-8-7-11-19(20)15-22(27)24(29)30;9-8(10)4-2-1-3-7-5-6-11-12-7/h4-12,17,21-22,26H,3,13-16H2,1-2H3,(H,29,30);7H,1-6H2,(H,9,10)/t17-,21-,22-;/m0./s1. The van der Waals surface area contributed by atoms with E-state index in [1.807, 2.05) is 76.2 Å². The predicted octanol–water partition coefficient (Wildman–Crippen LogP) is 5.35. The average molecular weight is 645 g/mol. The minimum absolute atomic E-state index is 0.228. The van der Waals surface area contributed by atoms with Crippen LogP contribution in [0.5, 0.6) is 0 Å². The van der Waals surface area contributed by atoms with Gasteiger partial charge in [-0.3, -0.25) is 19.7 Å². The number of rotatable bonds is 14. The summed E-state index contributed by atoms with van der Waals surface area (Å²) in [5.74, 6) is -1.19. The molecule has 4 rings (SSSR count). The van der Waals surface area contributed by atoms with Gasteiger partial charge in [-0.15, -0.1) is 0 Å². The average Bonchev–Trinajstić information content (AvgIpc) is 3.54. The first-order chi connectivity index (χ1) is 21.2. The highest BCUT2D eigenvalue weighted by Crippen LogP contribution is 2.39. The van der Waals surface area contributed by atoms with E-state index in [-0.39, 0.29) is 25.5 Å². The van der Waals surface area contributed by atoms with Gasteiger partial charge in [-0.1, -0.05) is 82.6 Å². The number of ether oxygens (including phenoxy) is 1. The number of carbonyl (C=O) groups excluding carboxylic acids is 2. The predicted molar refractivity (Wildman–Crippen MR) is 174 cm³/mol. The Morgan fingerprint density at radius 3 is 2.36 bits per heavy atom. The largest absolute Gasteiger partial charge is 0.481 e. The van der Waals surface area contributed by atoms with E-state index < -0.39 is 36.0 Å². The maximum atomic E-state index is 13.3. The summed E-state index contributed by atoms with van der Waals surface area (Å²) >= 11 is 0. The number of benzene rings is 2. The first-order valence-electron chi connectivity index (χ1n) is 15.3. The number of hydrogen-bond acceptors (Lipinski definition) is 8. The van der Waals surface area contributed by atoms with Crippen LogP contribution in [0.4, 0.5) is 0 Å². The lowest BCUT2D eigenvalue weighted by molar-refractivity contribution is -0.153. The lowest BCUT2D eigenvalue weighted by Gasteiger charge is -2.36. The zero-order valence-corrected chi connectivity index (χ0v) is 27.1. The number of nitrogens with zero attached hydrogens (tertiary/aromatic N) is 1. The van der Waals surface area contributed by atoms with E-state index in [9.17, 15) is 24.3 Å². The molecule has 0 aromatic heterocycles. The van der Waals surface area contributed by atoms with Crippen LogP contribution in [-0.2, 0) is 43.3 Å². The molecule has 0 aliphatic carbocycles. The van der Waals surface area contributed by atoms with Gasteiger partial charge in [-0.05, 0) is 62.6 Å². The second-order valence-electron chi connectivity index (χ2n) is 11.0. The van der Waals surface area contributed by atoms with Gasteiger partial charge in [-0.25, -0.2) is 4.79 Å². The van der Waals surface area contributed by atoms with Crippen LogP contribution in [0.2, 0.25) is 0 Å². The van der Waals surface area contributed by atoms with Crippen molar-refractivity contribution in [2.45, 2.75) is 95.1 Å². The molecule has 9 nitrogen and oxygen atoms in total. The zero-order valence-electron chi connectivity index (χ0n) is 25.5. The maximum absolute atomic E-state index is 13.3. The SMILES string of the molecule is CCOC(=O)[C@H](CCc1ccccc1)N[C@@H](C)C(=O)N1Cc2ccccc2C[C@H]1C(=O)O.O=C(O)CCCCC1CCSS1. The van der Waals surface area contributed by atoms with Gasteiger partial charge in [0, 0.05) is 30.4 Å². The second kappa shape index (κ2) is 18.7. The Kier molecular flexibility index (Phi) is 15.1. The van der Waals surface area contributed by atoms with E-state index in [0.29, 0.717) is 19.3 Å². The van der Waals surface area contributed by atoms with Gasteiger partial charge in [0.15, 0.2) is 0 Å². The fourth-order valence-electron chi connectivity index (χ4n) is 5.28. The second-order valence-corrected chi connectivity index (χ2v) is 13.8. The monoisotopic (exact) mass is 644 g/mol. The molecule has 1 saturated heterocycles. The number of carboxylic acids is 2. The molecule has 4 atom stereocenters. The minimum atomic E-state index is -1.04. The van der Waals surface area contributed by atoms with Crippen LogP contribution in [-0.4, -0.2) is 74.7 Å². The molecule has 240 valence electrons. The molecule has 1 amide bonds. The quantitative estimate of drug-likeness (QED) is 0.140. The molecule has 3 N–H and O–H groups in total. The third-order valence-electron chi connectivity index (χ3n) is 7.67. The summed E-state index contributed by atoms with van der Waals surface area (Å²) in [5.41, 5.74) is 2.97. The van der Waals surface area contributed by atoms with Crippen molar-refractivity contribution in [1.82, 2.24) is 10.2 Å². The molecular weight excluding hydrogens is 601 g/mol. The van der Waals surface area contributed by atoms with Crippen molar-refractivity contribution in [3.8, 4) is 0 Å². The van der Waals surface area contributed by atoms with Crippen molar-refractivity contribution >= 4 is 45.4 Å². The molecule has 1 unspecified atom stereocenters. The molecule has 44 heavy (non-hydrogen) atoms. The fraction of sp³-hybridized carbons (Fsp3) is 0.515. The lowest BCUT2D eigenvalue weighted by atomic mass is 9.93. The normalized spacial score (nSPS) is 18.7. The van der Waals surface area contributed by atoms with E-state index in [2.05, 4.69) is 5.32 Å². The van der Waals surface area contributed by atoms with Gasteiger partial charge < -0.3 is 19.8 Å². The van der Waals surface area contributed by atoms with Crippen LogP contribution in [0.15, 0.2) is 54.6 Å². The van der Waals surface area contributed by atoms with E-state index in [1.54, 1.807) is 13.8 Å². The summed E-state index contributed by atoms with van der Waals surface area (Å²) in [6.07, 6.45) is 6.14. The number of fused-ring (bicyclic) bond motifs is 1. The Morgan fingerprint density at radius 2 is 1.73 bits per heavy atom. The summed E-state index contributed by atoms with van der Waals surface area (Å²) in [6, 6.07) is 15.0. The highest BCUT2D eigenvalue weighted by molar-refractivity contribution is 8.77. The molecule has 0 spiro atoms. The number of aryl methyl sites for hydroxylation is 1. The number of carboxylic acid groups (broad SMARTS) is 2. The number of carbonyl (C=O) groups is 4. The molecule has 11 heteroatoms. The molecule has 2 heterocycles. The number of hydrogen-bond donors (Lipinski definition) is 3. The van der Waals surface area contributed by atoms with Crippen LogP contribution < -0.4 is 5.32 Å². The third kappa shape index (κ3) is 11.5. The van der Waals surface area contributed by atoms with Crippen molar-refractivity contribution in [2.75, 3.05) is 12.4 Å². The molecule has 2 aromatic carbocycles. The van der Waals surface area contributed by atoms with Gasteiger partial charge in [0.1, 0.15) is 12.1 Å². The van der Waals surface area contributed by atoms with Crippen molar-refractivity contribution in [3.63, 3.8) is 0 Å². The third-order valence-corrected chi connectivity index (χ3v) is 10.7. The topological polar surface area (TPSA) is 133 Å². The smallest absolute Gasteiger partial charge is 0.326 e. The number of nitrogens with one attached hydrogen (secondary N) is 1. The van der Waals surface area contributed by atoms with E-state index >= 15 is 0 Å². The molecule has 2 aliphatic rings. The number of aliphatic carboxylic acids is 2. The number of amides is 1. The molecule has 0 bridgehead atoms. The van der Waals surface area contributed by atoms with Crippen LogP contribution in [0.25, 0.3) is 0 Å². The van der Waals surface area contributed by atoms with Gasteiger partial charge in [0.05, 0.1) is 12.6 Å². The first kappa shape index (κ1) is 35.5. The highest BCUT2D eigenvalue weighted by Gasteiger charge is 2.37. The Balaban J connectivity index is 0.000000369. The molecule has 0 radical (unpaired) electrons. The van der Waals surface area contributed by atoms with Crippen LogP contribution >= 0.6 is 21.6 Å². The summed E-state index contributed by atoms with van der Waals surface area (Å²) in [4.78, 5) is 49.3.